The summed E-state index contributed by atoms with van der Waals surface area (Å²) in [5.74, 6) is 1.55. The first-order valence-electron chi connectivity index (χ1n) is 9.43. The second-order valence-electron chi connectivity index (χ2n) is 6.64. The summed E-state index contributed by atoms with van der Waals surface area (Å²) < 4.78 is 12.7. The lowest BCUT2D eigenvalue weighted by Crippen LogP contribution is -2.45. The van der Waals surface area contributed by atoms with Crippen LogP contribution >= 0.6 is 15.9 Å². The Labute approximate surface area is 170 Å². The maximum absolute atomic E-state index is 6.14. The van der Waals surface area contributed by atoms with Crippen molar-refractivity contribution in [3.05, 3.63) is 58.1 Å². The van der Waals surface area contributed by atoms with Gasteiger partial charge in [-0.1, -0.05) is 46.3 Å². The van der Waals surface area contributed by atoms with Gasteiger partial charge in [-0.2, -0.15) is 0 Å². The van der Waals surface area contributed by atoms with E-state index in [2.05, 4.69) is 49.7 Å². The molecule has 2 N–H and O–H groups in total. The Morgan fingerprint density at radius 2 is 1.93 bits per heavy atom. The van der Waals surface area contributed by atoms with Crippen LogP contribution in [0.1, 0.15) is 11.1 Å². The first-order valence-corrected chi connectivity index (χ1v) is 10.2. The molecule has 27 heavy (non-hydrogen) atoms. The van der Waals surface area contributed by atoms with Crippen LogP contribution in [-0.2, 0) is 13.2 Å². The van der Waals surface area contributed by atoms with E-state index in [1.165, 1.54) is 0 Å². The number of methoxy groups -OCH3 is 1. The molecule has 2 aromatic rings. The summed E-state index contributed by atoms with van der Waals surface area (Å²) in [6.45, 7) is 7.69. The highest BCUT2D eigenvalue weighted by Crippen LogP contribution is 2.35. The number of hydrogen-bond donors (Lipinski definition) is 2. The molecule has 2 aromatic carbocycles. The van der Waals surface area contributed by atoms with Crippen LogP contribution in [0.4, 0.5) is 0 Å². The Balaban J connectivity index is 1.60. The van der Waals surface area contributed by atoms with Crippen molar-refractivity contribution < 1.29 is 9.47 Å². The van der Waals surface area contributed by atoms with Crippen LogP contribution in [-0.4, -0.2) is 51.3 Å². The van der Waals surface area contributed by atoms with Gasteiger partial charge in [0.2, 0.25) is 0 Å². The molecule has 0 aromatic heterocycles. The number of ether oxygens (including phenoxy) is 2. The van der Waals surface area contributed by atoms with E-state index in [9.17, 15) is 0 Å². The van der Waals surface area contributed by atoms with Gasteiger partial charge in [0.15, 0.2) is 11.5 Å². The number of nitrogens with zero attached hydrogens (tertiary/aromatic N) is 1. The van der Waals surface area contributed by atoms with E-state index >= 15 is 0 Å². The monoisotopic (exact) mass is 433 g/mol. The molecule has 1 saturated heterocycles. The van der Waals surface area contributed by atoms with E-state index in [-0.39, 0.29) is 0 Å². The van der Waals surface area contributed by atoms with Crippen LogP contribution in [0.15, 0.2) is 46.9 Å². The van der Waals surface area contributed by atoms with E-state index in [0.29, 0.717) is 6.61 Å². The van der Waals surface area contributed by atoms with Crippen molar-refractivity contribution in [2.75, 3.05) is 46.4 Å². The van der Waals surface area contributed by atoms with Gasteiger partial charge in [-0.3, -0.25) is 4.90 Å². The van der Waals surface area contributed by atoms with Crippen LogP contribution < -0.4 is 20.1 Å². The number of benzene rings is 2. The summed E-state index contributed by atoms with van der Waals surface area (Å²) >= 11 is 3.58. The molecular weight excluding hydrogens is 406 g/mol. The molecule has 0 bridgehead atoms. The molecule has 3 rings (SSSR count). The Morgan fingerprint density at radius 1 is 1.15 bits per heavy atom. The average Bonchev–Trinajstić information content (AvgIpc) is 2.71. The summed E-state index contributed by atoms with van der Waals surface area (Å²) in [4.78, 5) is 2.48. The van der Waals surface area contributed by atoms with E-state index in [0.717, 1.165) is 72.9 Å². The highest BCUT2D eigenvalue weighted by atomic mass is 79.9. The fourth-order valence-corrected chi connectivity index (χ4v) is 3.68. The summed E-state index contributed by atoms with van der Waals surface area (Å²) in [7, 11) is 1.68. The van der Waals surface area contributed by atoms with Gasteiger partial charge in [-0.05, 0) is 17.7 Å². The van der Waals surface area contributed by atoms with Crippen molar-refractivity contribution in [3.63, 3.8) is 0 Å². The minimum absolute atomic E-state index is 0.520. The standard InChI is InChI=1S/C21H28BrN3O2/c1-26-20-14-19(22)13-18(15-24-9-12-25-10-7-23-8-11-25)21(20)27-16-17-5-3-2-4-6-17/h2-6,13-14,23-24H,7-12,15-16H2,1H3. The van der Waals surface area contributed by atoms with E-state index < -0.39 is 0 Å². The second-order valence-corrected chi connectivity index (χ2v) is 7.55. The van der Waals surface area contributed by atoms with E-state index in [1.54, 1.807) is 7.11 Å². The number of nitrogens with one attached hydrogen (secondary N) is 2. The van der Waals surface area contributed by atoms with Gasteiger partial charge >= 0.3 is 0 Å². The summed E-state index contributed by atoms with van der Waals surface area (Å²) in [6, 6.07) is 14.2. The highest BCUT2D eigenvalue weighted by molar-refractivity contribution is 9.10. The fourth-order valence-electron chi connectivity index (χ4n) is 3.19. The lowest BCUT2D eigenvalue weighted by atomic mass is 10.1. The van der Waals surface area contributed by atoms with Crippen LogP contribution in [0.5, 0.6) is 11.5 Å². The zero-order valence-electron chi connectivity index (χ0n) is 15.8. The van der Waals surface area contributed by atoms with Crippen molar-refractivity contribution in [1.29, 1.82) is 0 Å². The molecule has 1 fully saturated rings. The third kappa shape index (κ3) is 6.21. The molecular formula is C21H28BrN3O2. The second kappa shape index (κ2) is 10.7. The normalized spacial score (nSPS) is 14.9. The quantitative estimate of drug-likeness (QED) is 0.595. The van der Waals surface area contributed by atoms with Gasteiger partial charge in [0.1, 0.15) is 6.61 Å². The lowest BCUT2D eigenvalue weighted by Gasteiger charge is -2.27. The summed E-state index contributed by atoms with van der Waals surface area (Å²) in [6.07, 6.45) is 0. The van der Waals surface area contributed by atoms with E-state index in [4.69, 9.17) is 9.47 Å². The van der Waals surface area contributed by atoms with Gasteiger partial charge in [0, 0.05) is 55.8 Å². The average molecular weight is 434 g/mol. The first kappa shape index (κ1) is 20.1. The molecule has 5 nitrogen and oxygen atoms in total. The SMILES string of the molecule is COc1cc(Br)cc(CNCCN2CCNCC2)c1OCc1ccccc1. The molecule has 0 saturated carbocycles. The predicted octanol–water partition coefficient (Wildman–Crippen LogP) is 3.03. The maximum atomic E-state index is 6.14. The van der Waals surface area contributed by atoms with Crippen LogP contribution in [0.25, 0.3) is 0 Å². The molecule has 146 valence electrons. The molecule has 0 aliphatic carbocycles. The third-order valence-corrected chi connectivity index (χ3v) is 5.13. The van der Waals surface area contributed by atoms with Crippen molar-refractivity contribution in [2.24, 2.45) is 0 Å². The highest BCUT2D eigenvalue weighted by Gasteiger charge is 2.14. The number of hydrogen-bond acceptors (Lipinski definition) is 5. The van der Waals surface area contributed by atoms with Crippen molar-refractivity contribution in [2.45, 2.75) is 13.2 Å². The number of halogens is 1. The van der Waals surface area contributed by atoms with Gasteiger partial charge < -0.3 is 20.1 Å². The zero-order valence-corrected chi connectivity index (χ0v) is 17.4. The van der Waals surface area contributed by atoms with Gasteiger partial charge in [-0.25, -0.2) is 0 Å². The van der Waals surface area contributed by atoms with Crippen LogP contribution in [0, 0.1) is 0 Å². The predicted molar refractivity (Wildman–Crippen MR) is 112 cm³/mol. The minimum atomic E-state index is 0.520. The lowest BCUT2D eigenvalue weighted by molar-refractivity contribution is 0.240. The molecule has 1 aliphatic rings. The summed E-state index contributed by atoms with van der Waals surface area (Å²) in [5.41, 5.74) is 2.23. The van der Waals surface area contributed by atoms with E-state index in [1.807, 2.05) is 24.3 Å². The van der Waals surface area contributed by atoms with Crippen LogP contribution in [0.3, 0.4) is 0 Å². The molecule has 1 aliphatic heterocycles. The molecule has 0 amide bonds. The van der Waals surface area contributed by atoms with Crippen molar-refractivity contribution in [1.82, 2.24) is 15.5 Å². The molecule has 0 unspecified atom stereocenters. The smallest absolute Gasteiger partial charge is 0.166 e. The fraction of sp³-hybridized carbons (Fsp3) is 0.429. The minimum Gasteiger partial charge on any atom is -0.493 e. The molecule has 6 heteroatoms. The topological polar surface area (TPSA) is 45.8 Å². The Morgan fingerprint density at radius 3 is 2.67 bits per heavy atom. The van der Waals surface area contributed by atoms with Gasteiger partial charge in [-0.15, -0.1) is 0 Å². The zero-order chi connectivity index (χ0) is 18.9. The largest absolute Gasteiger partial charge is 0.493 e. The molecule has 1 heterocycles. The van der Waals surface area contributed by atoms with Gasteiger partial charge in [0.05, 0.1) is 7.11 Å². The Hall–Kier alpha value is -1.60. The molecule has 0 spiro atoms. The van der Waals surface area contributed by atoms with Crippen LogP contribution in [0.2, 0.25) is 0 Å². The molecule has 0 radical (unpaired) electrons. The number of piperazine rings is 1. The summed E-state index contributed by atoms with van der Waals surface area (Å²) in [5, 5.41) is 6.93. The van der Waals surface area contributed by atoms with Gasteiger partial charge in [0.25, 0.3) is 0 Å². The third-order valence-electron chi connectivity index (χ3n) is 4.67. The molecule has 0 atom stereocenters. The Bertz CT molecular complexity index is 706. The Kier molecular flexibility index (Phi) is 7.95. The number of rotatable bonds is 9. The maximum Gasteiger partial charge on any atom is 0.166 e. The van der Waals surface area contributed by atoms with Crippen molar-refractivity contribution in [3.8, 4) is 11.5 Å². The first-order chi connectivity index (χ1) is 13.3. The van der Waals surface area contributed by atoms with Crippen molar-refractivity contribution >= 4 is 15.9 Å².